The zero-order valence-corrected chi connectivity index (χ0v) is 36.1. The maximum absolute atomic E-state index is 2.58. The van der Waals surface area contributed by atoms with Crippen molar-refractivity contribution in [1.29, 1.82) is 0 Å². The van der Waals surface area contributed by atoms with Gasteiger partial charge in [-0.05, 0) is 109 Å². The van der Waals surface area contributed by atoms with E-state index in [9.17, 15) is 0 Å². The minimum absolute atomic E-state index is 0.00499. The van der Waals surface area contributed by atoms with Gasteiger partial charge in [0.1, 0.15) is 0 Å². The van der Waals surface area contributed by atoms with Crippen LogP contribution in [0, 0.1) is 0 Å². The highest BCUT2D eigenvalue weighted by atomic mass is 15.0. The second-order valence-electron chi connectivity index (χ2n) is 20.3. The topological polar surface area (TPSA) is 9.86 Å². The normalized spacial score (nSPS) is 13.2. The van der Waals surface area contributed by atoms with Crippen molar-refractivity contribution in [2.75, 3.05) is 0 Å². The summed E-state index contributed by atoms with van der Waals surface area (Å²) in [7, 11) is 0. The smallest absolute Gasteiger partial charge is 0.0547 e. The lowest BCUT2D eigenvalue weighted by Crippen LogP contribution is -2.17. The molecule has 2 heterocycles. The van der Waals surface area contributed by atoms with Crippen molar-refractivity contribution in [1.82, 2.24) is 9.13 Å². The third-order valence-electron chi connectivity index (χ3n) is 12.1. The first-order valence-electron chi connectivity index (χ1n) is 20.7. The molecule has 8 rings (SSSR count). The molecule has 286 valence electrons. The Hall–Kier alpha value is -5.08. The van der Waals surface area contributed by atoms with Crippen LogP contribution in [0.25, 0.3) is 66.1 Å². The maximum atomic E-state index is 2.58. The zero-order valence-electron chi connectivity index (χ0n) is 36.1. The number of fused-ring (bicyclic) bond motifs is 6. The number of aryl methyl sites for hydroxylation is 1. The second kappa shape index (κ2) is 13.0. The van der Waals surface area contributed by atoms with E-state index in [0.29, 0.717) is 0 Å². The van der Waals surface area contributed by atoms with Crippen LogP contribution >= 0.6 is 0 Å². The summed E-state index contributed by atoms with van der Waals surface area (Å²) in [5.74, 6) is 0. The van der Waals surface area contributed by atoms with E-state index in [2.05, 4.69) is 214 Å². The van der Waals surface area contributed by atoms with Gasteiger partial charge in [0, 0.05) is 27.2 Å². The summed E-state index contributed by atoms with van der Waals surface area (Å²) in [6, 6.07) is 44.3. The molecular formula is C54H60N2. The molecule has 0 N–H and O–H groups in total. The van der Waals surface area contributed by atoms with Crippen LogP contribution in [0.4, 0.5) is 0 Å². The summed E-state index contributed by atoms with van der Waals surface area (Å²) in [6.45, 7) is 30.4. The molecule has 2 nitrogen and oxygen atoms in total. The van der Waals surface area contributed by atoms with Crippen molar-refractivity contribution in [3.8, 4) is 22.5 Å². The number of hydrogen-bond acceptors (Lipinski definition) is 0. The predicted molar refractivity (Wildman–Crippen MR) is 245 cm³/mol. The first-order chi connectivity index (χ1) is 26.3. The lowest BCUT2D eigenvalue weighted by atomic mass is 9.78. The maximum Gasteiger partial charge on any atom is 0.0547 e. The molecule has 0 aliphatic heterocycles. The molecule has 2 heteroatoms. The van der Waals surface area contributed by atoms with E-state index >= 15 is 0 Å². The standard InChI is InChI=1S/C54H60N2/c1-14-40-46(56-44-23-17-15-20-42(44)43-21-16-18-24-45(43)56)26-27-48-49(40)50-41(34-28-35(51(2,3)4)30-36(29-34)52(5,6)7)22-19-25-47(50)55(48)39-32-37(53(8,9)10)31-38(33-39)54(11,12)13/h15-33H,14H2,1-13H3. The van der Waals surface area contributed by atoms with E-state index in [1.165, 1.54) is 93.9 Å². The Morgan fingerprint density at radius 1 is 0.411 bits per heavy atom. The van der Waals surface area contributed by atoms with Gasteiger partial charge in [-0.1, -0.05) is 163 Å². The van der Waals surface area contributed by atoms with Crippen molar-refractivity contribution in [3.63, 3.8) is 0 Å². The van der Waals surface area contributed by atoms with Crippen molar-refractivity contribution in [2.45, 2.75) is 118 Å². The van der Waals surface area contributed by atoms with Gasteiger partial charge in [-0.2, -0.15) is 0 Å². The molecule has 0 radical (unpaired) electrons. The summed E-state index contributed by atoms with van der Waals surface area (Å²) in [6.07, 6.45) is 0.894. The highest BCUT2D eigenvalue weighted by Gasteiger charge is 2.27. The molecule has 0 bridgehead atoms. The fourth-order valence-electron chi connectivity index (χ4n) is 8.73. The van der Waals surface area contributed by atoms with Gasteiger partial charge in [0.05, 0.1) is 27.8 Å². The van der Waals surface area contributed by atoms with Crippen molar-refractivity contribution >= 4 is 43.6 Å². The Kier molecular flexibility index (Phi) is 8.77. The Balaban J connectivity index is 1.57. The lowest BCUT2D eigenvalue weighted by Gasteiger charge is -2.27. The van der Waals surface area contributed by atoms with E-state index in [4.69, 9.17) is 0 Å². The van der Waals surface area contributed by atoms with E-state index < -0.39 is 0 Å². The largest absolute Gasteiger partial charge is 0.309 e. The predicted octanol–water partition coefficient (Wildman–Crippen LogP) is 15.3. The average molecular weight is 737 g/mol. The molecule has 0 aliphatic carbocycles. The summed E-state index contributed by atoms with van der Waals surface area (Å²) in [5, 5.41) is 5.24. The van der Waals surface area contributed by atoms with Crippen LogP contribution in [0.15, 0.2) is 115 Å². The Labute approximate surface area is 335 Å². The molecule has 0 atom stereocenters. The Bertz CT molecular complexity index is 2690. The third-order valence-corrected chi connectivity index (χ3v) is 12.1. The zero-order chi connectivity index (χ0) is 40.1. The van der Waals surface area contributed by atoms with Crippen molar-refractivity contribution in [3.05, 3.63) is 143 Å². The highest BCUT2D eigenvalue weighted by Crippen LogP contribution is 2.45. The first kappa shape index (κ1) is 37.8. The molecule has 0 aliphatic rings. The molecule has 0 fully saturated rings. The van der Waals surface area contributed by atoms with E-state index in [1.807, 2.05) is 0 Å². The SMILES string of the molecule is CCc1c(-n2c3ccccc3c3ccccc32)ccc2c1c1c(-c3cc(C(C)(C)C)cc(C(C)(C)C)c3)cccc1n2-c1cc(C(C)(C)C)cc(C(C)(C)C)c1. The summed E-state index contributed by atoms with van der Waals surface area (Å²) in [5.41, 5.74) is 16.9. The number of aromatic nitrogens is 2. The molecule has 0 unspecified atom stereocenters. The fourth-order valence-corrected chi connectivity index (χ4v) is 8.73. The minimum atomic E-state index is -0.00499. The number of nitrogens with zero attached hydrogens (tertiary/aromatic N) is 2. The molecule has 0 amide bonds. The first-order valence-corrected chi connectivity index (χ1v) is 20.7. The van der Waals surface area contributed by atoms with Gasteiger partial charge in [0.25, 0.3) is 0 Å². The minimum Gasteiger partial charge on any atom is -0.309 e. The van der Waals surface area contributed by atoms with Crippen LogP contribution in [0.2, 0.25) is 0 Å². The summed E-state index contributed by atoms with van der Waals surface area (Å²) >= 11 is 0. The molecule has 6 aromatic carbocycles. The Morgan fingerprint density at radius 3 is 1.34 bits per heavy atom. The molecule has 0 saturated carbocycles. The second-order valence-corrected chi connectivity index (χ2v) is 20.3. The molecule has 2 aromatic heterocycles. The number of hydrogen-bond donors (Lipinski definition) is 0. The average Bonchev–Trinajstić information content (AvgIpc) is 3.66. The van der Waals surface area contributed by atoms with Crippen molar-refractivity contribution in [2.24, 2.45) is 0 Å². The molecule has 8 aromatic rings. The van der Waals surface area contributed by atoms with Crippen LogP contribution in [0.3, 0.4) is 0 Å². The van der Waals surface area contributed by atoms with Crippen LogP contribution in [0.5, 0.6) is 0 Å². The van der Waals surface area contributed by atoms with Crippen LogP contribution < -0.4 is 0 Å². The number of para-hydroxylation sites is 2. The number of rotatable bonds is 4. The number of benzene rings is 6. The Morgan fingerprint density at radius 2 is 0.857 bits per heavy atom. The fraction of sp³-hybridized carbons (Fsp3) is 0.333. The van der Waals surface area contributed by atoms with Gasteiger partial charge in [0.15, 0.2) is 0 Å². The monoisotopic (exact) mass is 736 g/mol. The van der Waals surface area contributed by atoms with Gasteiger partial charge in [0.2, 0.25) is 0 Å². The van der Waals surface area contributed by atoms with Crippen LogP contribution in [-0.4, -0.2) is 9.13 Å². The summed E-state index contributed by atoms with van der Waals surface area (Å²) < 4.78 is 5.09. The van der Waals surface area contributed by atoms with Gasteiger partial charge in [-0.3, -0.25) is 0 Å². The van der Waals surface area contributed by atoms with E-state index in [-0.39, 0.29) is 21.7 Å². The van der Waals surface area contributed by atoms with Gasteiger partial charge < -0.3 is 9.13 Å². The van der Waals surface area contributed by atoms with Crippen LogP contribution in [0.1, 0.15) is 118 Å². The van der Waals surface area contributed by atoms with Crippen molar-refractivity contribution < 1.29 is 0 Å². The molecule has 0 saturated heterocycles. The van der Waals surface area contributed by atoms with E-state index in [1.54, 1.807) is 0 Å². The van der Waals surface area contributed by atoms with Gasteiger partial charge in [-0.25, -0.2) is 0 Å². The summed E-state index contributed by atoms with van der Waals surface area (Å²) in [4.78, 5) is 0. The molecule has 0 spiro atoms. The quantitative estimate of drug-likeness (QED) is 0.170. The third kappa shape index (κ3) is 6.26. The van der Waals surface area contributed by atoms with Gasteiger partial charge >= 0.3 is 0 Å². The molecule has 56 heavy (non-hydrogen) atoms. The van der Waals surface area contributed by atoms with Crippen LogP contribution in [-0.2, 0) is 28.1 Å². The lowest BCUT2D eigenvalue weighted by molar-refractivity contribution is 0.567. The highest BCUT2D eigenvalue weighted by molar-refractivity contribution is 6.18. The molecular weight excluding hydrogens is 677 g/mol. The van der Waals surface area contributed by atoms with Gasteiger partial charge in [-0.15, -0.1) is 0 Å². The van der Waals surface area contributed by atoms with E-state index in [0.717, 1.165) is 6.42 Å².